The molecule has 6 nitrogen and oxygen atoms in total. The van der Waals surface area contributed by atoms with Crippen molar-refractivity contribution in [3.8, 4) is 5.75 Å². The summed E-state index contributed by atoms with van der Waals surface area (Å²) in [6.45, 7) is 1.77. The smallest absolute Gasteiger partial charge is 0.251 e. The van der Waals surface area contributed by atoms with Crippen LogP contribution in [0, 0.1) is 0 Å². The van der Waals surface area contributed by atoms with Crippen molar-refractivity contribution in [1.29, 1.82) is 0 Å². The summed E-state index contributed by atoms with van der Waals surface area (Å²) in [5, 5.41) is 14.1. The van der Waals surface area contributed by atoms with Gasteiger partial charge in [0.25, 0.3) is 5.91 Å². The number of hydrogen-bond acceptors (Lipinski definition) is 4. The van der Waals surface area contributed by atoms with E-state index in [-0.39, 0.29) is 24.2 Å². The molecule has 4 N–H and O–H groups in total. The number of carbonyl (C=O) groups excluding carboxylic acids is 1. The quantitative estimate of drug-likeness (QED) is 0.331. The summed E-state index contributed by atoms with van der Waals surface area (Å²) in [5.74, 6) is 0.492. The summed E-state index contributed by atoms with van der Waals surface area (Å²) in [7, 11) is 1.55. The number of ether oxygens (including phenoxy) is 1. The van der Waals surface area contributed by atoms with Crippen LogP contribution in [-0.4, -0.2) is 30.1 Å². The van der Waals surface area contributed by atoms with Gasteiger partial charge in [0.2, 0.25) is 0 Å². The van der Waals surface area contributed by atoms with Crippen LogP contribution in [0.5, 0.6) is 5.75 Å². The first-order valence-electron chi connectivity index (χ1n) is 5.58. The molecular formula is C12H16BrN3O3. The van der Waals surface area contributed by atoms with Crippen LogP contribution < -0.4 is 15.8 Å². The van der Waals surface area contributed by atoms with E-state index in [2.05, 4.69) is 26.4 Å². The summed E-state index contributed by atoms with van der Waals surface area (Å²) in [6.07, 6.45) is 0.277. The van der Waals surface area contributed by atoms with Gasteiger partial charge < -0.3 is 21.0 Å². The maximum Gasteiger partial charge on any atom is 0.251 e. The van der Waals surface area contributed by atoms with Crippen LogP contribution in [0.15, 0.2) is 27.8 Å². The molecule has 0 fully saturated rings. The van der Waals surface area contributed by atoms with Crippen molar-refractivity contribution < 1.29 is 14.7 Å². The molecule has 0 bridgehead atoms. The van der Waals surface area contributed by atoms with Crippen LogP contribution >= 0.6 is 15.9 Å². The molecule has 0 heterocycles. The zero-order chi connectivity index (χ0) is 14.4. The highest BCUT2D eigenvalue weighted by Crippen LogP contribution is 2.25. The molecule has 104 valence electrons. The van der Waals surface area contributed by atoms with Gasteiger partial charge in [0.1, 0.15) is 11.6 Å². The highest BCUT2D eigenvalue weighted by molar-refractivity contribution is 9.10. The molecule has 0 aliphatic rings. The van der Waals surface area contributed by atoms with Gasteiger partial charge in [-0.3, -0.25) is 4.79 Å². The van der Waals surface area contributed by atoms with Crippen molar-refractivity contribution in [2.45, 2.75) is 19.4 Å². The lowest BCUT2D eigenvalue weighted by Gasteiger charge is -2.13. The number of nitrogens with two attached hydrogens (primary N) is 1. The second-order valence-electron chi connectivity index (χ2n) is 4.02. The van der Waals surface area contributed by atoms with E-state index in [0.717, 1.165) is 0 Å². The van der Waals surface area contributed by atoms with Gasteiger partial charge >= 0.3 is 0 Å². The van der Waals surface area contributed by atoms with Gasteiger partial charge in [-0.1, -0.05) is 5.16 Å². The monoisotopic (exact) mass is 329 g/mol. The first-order valence-corrected chi connectivity index (χ1v) is 6.38. The Labute approximate surface area is 119 Å². The lowest BCUT2D eigenvalue weighted by atomic mass is 10.1. The van der Waals surface area contributed by atoms with Crippen molar-refractivity contribution in [1.82, 2.24) is 5.32 Å². The van der Waals surface area contributed by atoms with Crippen molar-refractivity contribution >= 4 is 27.7 Å². The molecule has 0 radical (unpaired) electrons. The first-order chi connectivity index (χ1) is 8.97. The average Bonchev–Trinajstić information content (AvgIpc) is 2.38. The SMILES string of the molecule is COc1ccc(C(=O)NC(C)CC(N)=NO)cc1Br. The van der Waals surface area contributed by atoms with Gasteiger partial charge in [0, 0.05) is 18.0 Å². The number of amidine groups is 1. The van der Waals surface area contributed by atoms with Gasteiger partial charge in [-0.2, -0.15) is 0 Å². The van der Waals surface area contributed by atoms with E-state index in [1.165, 1.54) is 0 Å². The maximum absolute atomic E-state index is 12.0. The molecule has 0 aromatic heterocycles. The van der Waals surface area contributed by atoms with Gasteiger partial charge in [-0.15, -0.1) is 0 Å². The second-order valence-corrected chi connectivity index (χ2v) is 4.87. The van der Waals surface area contributed by atoms with Crippen molar-refractivity contribution in [2.24, 2.45) is 10.9 Å². The van der Waals surface area contributed by atoms with Crippen molar-refractivity contribution in [3.63, 3.8) is 0 Å². The lowest BCUT2D eigenvalue weighted by molar-refractivity contribution is 0.0941. The minimum absolute atomic E-state index is 0.0729. The molecule has 0 aliphatic heterocycles. The van der Waals surface area contributed by atoms with Crippen LogP contribution in [0.4, 0.5) is 0 Å². The highest BCUT2D eigenvalue weighted by Gasteiger charge is 2.12. The molecule has 0 spiro atoms. The summed E-state index contributed by atoms with van der Waals surface area (Å²) in [5.41, 5.74) is 5.87. The Morgan fingerprint density at radius 3 is 2.84 bits per heavy atom. The van der Waals surface area contributed by atoms with Crippen LogP contribution in [0.2, 0.25) is 0 Å². The fraction of sp³-hybridized carbons (Fsp3) is 0.333. The predicted molar refractivity (Wildman–Crippen MR) is 75.6 cm³/mol. The molecule has 0 saturated carbocycles. The third-order valence-corrected chi connectivity index (χ3v) is 3.05. The number of amides is 1. The van der Waals surface area contributed by atoms with E-state index in [1.54, 1.807) is 32.2 Å². The number of benzene rings is 1. The van der Waals surface area contributed by atoms with Crippen LogP contribution in [-0.2, 0) is 0 Å². The second kappa shape index (κ2) is 6.98. The molecule has 19 heavy (non-hydrogen) atoms. The van der Waals surface area contributed by atoms with Crippen LogP contribution in [0.1, 0.15) is 23.7 Å². The molecular weight excluding hydrogens is 314 g/mol. The molecule has 1 aromatic carbocycles. The van der Waals surface area contributed by atoms with E-state index >= 15 is 0 Å². The van der Waals surface area contributed by atoms with Crippen molar-refractivity contribution in [3.05, 3.63) is 28.2 Å². The third-order valence-electron chi connectivity index (χ3n) is 2.44. The number of rotatable bonds is 5. The molecule has 1 rings (SSSR count). The molecule has 1 unspecified atom stereocenters. The van der Waals surface area contributed by atoms with Gasteiger partial charge in [0.05, 0.1) is 11.6 Å². The third kappa shape index (κ3) is 4.44. The Morgan fingerprint density at radius 1 is 1.63 bits per heavy atom. The summed E-state index contributed by atoms with van der Waals surface area (Å²) in [4.78, 5) is 12.0. The minimum atomic E-state index is -0.235. The van der Waals surface area contributed by atoms with Gasteiger partial charge in [-0.05, 0) is 41.1 Å². The number of halogens is 1. The topological polar surface area (TPSA) is 96.9 Å². The Hall–Kier alpha value is -1.76. The van der Waals surface area contributed by atoms with E-state index < -0.39 is 0 Å². The van der Waals surface area contributed by atoms with E-state index in [4.69, 9.17) is 15.7 Å². The normalized spacial score (nSPS) is 12.9. The summed E-state index contributed by atoms with van der Waals surface area (Å²) in [6, 6.07) is 4.80. The summed E-state index contributed by atoms with van der Waals surface area (Å²) < 4.78 is 5.79. The summed E-state index contributed by atoms with van der Waals surface area (Å²) >= 11 is 3.32. The van der Waals surface area contributed by atoms with E-state index in [0.29, 0.717) is 15.8 Å². The number of nitrogens with one attached hydrogen (secondary N) is 1. The van der Waals surface area contributed by atoms with Gasteiger partial charge in [0.15, 0.2) is 0 Å². The average molecular weight is 330 g/mol. The maximum atomic E-state index is 12.0. The molecule has 0 saturated heterocycles. The van der Waals surface area contributed by atoms with E-state index in [9.17, 15) is 4.79 Å². The fourth-order valence-electron chi connectivity index (χ4n) is 1.52. The minimum Gasteiger partial charge on any atom is -0.496 e. The number of hydrogen-bond donors (Lipinski definition) is 3. The molecule has 7 heteroatoms. The van der Waals surface area contributed by atoms with E-state index in [1.807, 2.05) is 0 Å². The standard InChI is InChI=1S/C12H16BrN3O3/c1-7(5-11(14)16-18)15-12(17)8-3-4-10(19-2)9(13)6-8/h3-4,6-7,18H,5H2,1-2H3,(H2,14,16)(H,15,17). The number of methoxy groups -OCH3 is 1. The number of carbonyl (C=O) groups is 1. The lowest BCUT2D eigenvalue weighted by Crippen LogP contribution is -2.35. The Kier molecular flexibility index (Phi) is 5.62. The fourth-order valence-corrected chi connectivity index (χ4v) is 2.06. The molecule has 1 aromatic rings. The zero-order valence-corrected chi connectivity index (χ0v) is 12.3. The Morgan fingerprint density at radius 2 is 2.32 bits per heavy atom. The van der Waals surface area contributed by atoms with Crippen LogP contribution in [0.25, 0.3) is 0 Å². The van der Waals surface area contributed by atoms with Gasteiger partial charge in [-0.25, -0.2) is 0 Å². The first kappa shape index (κ1) is 15.3. The molecule has 1 atom stereocenters. The van der Waals surface area contributed by atoms with Crippen LogP contribution in [0.3, 0.4) is 0 Å². The van der Waals surface area contributed by atoms with Crippen molar-refractivity contribution in [2.75, 3.05) is 7.11 Å². The zero-order valence-electron chi connectivity index (χ0n) is 10.7. The highest BCUT2D eigenvalue weighted by atomic mass is 79.9. The predicted octanol–water partition coefficient (Wildman–Crippen LogP) is 1.71. The number of nitrogens with zero attached hydrogens (tertiary/aromatic N) is 1. The Balaban J connectivity index is 2.70. The molecule has 0 aliphatic carbocycles. The largest absolute Gasteiger partial charge is 0.496 e. The molecule has 1 amide bonds. The number of oxime groups is 1. The Bertz CT molecular complexity index is 491.